The molecule has 0 aliphatic carbocycles. The van der Waals surface area contributed by atoms with Crippen LogP contribution in [-0.4, -0.2) is 29.5 Å². The SMILES string of the molecule is [SiH3]CNCCCCCCNCc1ccccc1. The molecule has 1 rings (SSSR count). The van der Waals surface area contributed by atoms with E-state index in [1.165, 1.54) is 54.2 Å². The van der Waals surface area contributed by atoms with Crippen LogP contribution in [0, 0.1) is 0 Å². The molecule has 1 aromatic rings. The highest BCUT2D eigenvalue weighted by molar-refractivity contribution is 6.08. The average Bonchev–Trinajstić information content (AvgIpc) is 2.38. The third kappa shape index (κ3) is 8.13. The monoisotopic (exact) mass is 250 g/mol. The fourth-order valence-corrected chi connectivity index (χ4v) is 2.21. The molecule has 0 bridgehead atoms. The Labute approximate surface area is 109 Å². The smallest absolute Gasteiger partial charge is 0.0205 e. The Bertz CT molecular complexity index is 264. The van der Waals surface area contributed by atoms with Gasteiger partial charge in [-0.05, 0) is 37.7 Å². The normalized spacial score (nSPS) is 10.8. The summed E-state index contributed by atoms with van der Waals surface area (Å²) in [4.78, 5) is 0. The summed E-state index contributed by atoms with van der Waals surface area (Å²) < 4.78 is 0. The van der Waals surface area contributed by atoms with Crippen LogP contribution in [0.4, 0.5) is 0 Å². The second-order valence-electron chi connectivity index (χ2n) is 4.43. The number of benzene rings is 1. The summed E-state index contributed by atoms with van der Waals surface area (Å²) in [6.07, 6.45) is 6.58. The summed E-state index contributed by atoms with van der Waals surface area (Å²) in [5, 5.41) is 6.91. The molecule has 0 spiro atoms. The fourth-order valence-electron chi connectivity index (χ4n) is 1.86. The molecule has 0 aliphatic heterocycles. The van der Waals surface area contributed by atoms with Gasteiger partial charge < -0.3 is 10.6 Å². The van der Waals surface area contributed by atoms with E-state index in [4.69, 9.17) is 0 Å². The highest BCUT2D eigenvalue weighted by Gasteiger charge is 1.92. The average molecular weight is 250 g/mol. The molecule has 2 N–H and O–H groups in total. The molecule has 0 atom stereocenters. The minimum Gasteiger partial charge on any atom is -0.320 e. The first-order valence-electron chi connectivity index (χ1n) is 6.89. The second-order valence-corrected chi connectivity index (χ2v) is 5.14. The molecule has 0 aliphatic rings. The fraction of sp³-hybridized carbons (Fsp3) is 0.571. The van der Waals surface area contributed by atoms with Crippen LogP contribution in [0.15, 0.2) is 30.3 Å². The van der Waals surface area contributed by atoms with Crippen molar-refractivity contribution in [2.75, 3.05) is 19.3 Å². The maximum Gasteiger partial charge on any atom is 0.0205 e. The number of hydrogen-bond acceptors (Lipinski definition) is 2. The van der Waals surface area contributed by atoms with Gasteiger partial charge in [-0.1, -0.05) is 43.2 Å². The van der Waals surface area contributed by atoms with E-state index in [2.05, 4.69) is 41.0 Å². The number of nitrogens with one attached hydrogen (secondary N) is 2. The Kier molecular flexibility index (Phi) is 8.91. The van der Waals surface area contributed by atoms with Gasteiger partial charge in [-0.25, -0.2) is 0 Å². The first kappa shape index (κ1) is 14.4. The Morgan fingerprint density at radius 3 is 2.12 bits per heavy atom. The van der Waals surface area contributed by atoms with Crippen molar-refractivity contribution in [3.05, 3.63) is 35.9 Å². The molecular formula is C14H26N2Si. The lowest BCUT2D eigenvalue weighted by molar-refractivity contribution is 0.575. The minimum atomic E-state index is 1.00. The van der Waals surface area contributed by atoms with E-state index in [9.17, 15) is 0 Å². The van der Waals surface area contributed by atoms with Gasteiger partial charge in [-0.15, -0.1) is 0 Å². The van der Waals surface area contributed by atoms with Crippen LogP contribution < -0.4 is 10.6 Å². The van der Waals surface area contributed by atoms with Crippen LogP contribution in [0.2, 0.25) is 0 Å². The maximum absolute atomic E-state index is 3.49. The lowest BCUT2D eigenvalue weighted by atomic mass is 10.2. The molecule has 0 amide bonds. The zero-order chi connectivity index (χ0) is 12.2. The van der Waals surface area contributed by atoms with Crippen LogP contribution in [0.25, 0.3) is 0 Å². The molecule has 0 unspecified atom stereocenters. The van der Waals surface area contributed by atoms with Gasteiger partial charge in [0.25, 0.3) is 0 Å². The Balaban J connectivity index is 1.85. The molecule has 0 fully saturated rings. The van der Waals surface area contributed by atoms with Crippen molar-refractivity contribution in [2.24, 2.45) is 0 Å². The van der Waals surface area contributed by atoms with E-state index in [1.54, 1.807) is 0 Å². The van der Waals surface area contributed by atoms with Gasteiger partial charge in [0.1, 0.15) is 0 Å². The van der Waals surface area contributed by atoms with Crippen molar-refractivity contribution in [3.8, 4) is 0 Å². The Morgan fingerprint density at radius 2 is 1.47 bits per heavy atom. The largest absolute Gasteiger partial charge is 0.320 e. The molecule has 0 radical (unpaired) electrons. The van der Waals surface area contributed by atoms with Gasteiger partial charge >= 0.3 is 0 Å². The van der Waals surface area contributed by atoms with E-state index in [0.717, 1.165) is 13.1 Å². The lowest BCUT2D eigenvalue weighted by Crippen LogP contribution is -2.17. The number of hydrogen-bond donors (Lipinski definition) is 2. The standard InChI is InChI=1S/C14H26N2Si/c17-13-16-11-7-2-1-6-10-15-12-14-8-4-3-5-9-14/h3-5,8-9,15-16H,1-2,6-7,10-13H2,17H3. The molecule has 3 heteroatoms. The minimum absolute atomic E-state index is 1.00. The number of unbranched alkanes of at least 4 members (excludes halogenated alkanes) is 3. The van der Waals surface area contributed by atoms with Crippen LogP contribution in [0.1, 0.15) is 31.2 Å². The van der Waals surface area contributed by atoms with E-state index >= 15 is 0 Å². The van der Waals surface area contributed by atoms with Crippen molar-refractivity contribution in [3.63, 3.8) is 0 Å². The molecule has 2 nitrogen and oxygen atoms in total. The van der Waals surface area contributed by atoms with Gasteiger partial charge in [-0.3, -0.25) is 0 Å². The summed E-state index contributed by atoms with van der Waals surface area (Å²) in [6, 6.07) is 10.6. The van der Waals surface area contributed by atoms with Crippen molar-refractivity contribution in [1.82, 2.24) is 10.6 Å². The quantitative estimate of drug-likeness (QED) is 0.482. The van der Waals surface area contributed by atoms with Gasteiger partial charge in [0.2, 0.25) is 0 Å². The maximum atomic E-state index is 3.49. The topological polar surface area (TPSA) is 24.1 Å². The van der Waals surface area contributed by atoms with Crippen LogP contribution >= 0.6 is 0 Å². The first-order chi connectivity index (χ1) is 8.43. The van der Waals surface area contributed by atoms with Crippen molar-refractivity contribution < 1.29 is 0 Å². The van der Waals surface area contributed by atoms with E-state index < -0.39 is 0 Å². The molecular weight excluding hydrogens is 224 g/mol. The third-order valence-corrected chi connectivity index (χ3v) is 3.38. The molecule has 1 aromatic carbocycles. The van der Waals surface area contributed by atoms with Crippen LogP contribution in [0.5, 0.6) is 0 Å². The summed E-state index contributed by atoms with van der Waals surface area (Å²) in [7, 11) is 1.28. The van der Waals surface area contributed by atoms with Gasteiger partial charge in [0, 0.05) is 16.8 Å². The zero-order valence-corrected chi connectivity index (χ0v) is 13.0. The Hall–Kier alpha value is -0.643. The summed E-state index contributed by atoms with van der Waals surface area (Å²) in [5.74, 6) is 0. The van der Waals surface area contributed by atoms with Gasteiger partial charge in [0.15, 0.2) is 0 Å². The van der Waals surface area contributed by atoms with Gasteiger partial charge in [-0.2, -0.15) is 0 Å². The Morgan fingerprint density at radius 1 is 0.824 bits per heavy atom. The predicted octanol–water partition coefficient (Wildman–Crippen LogP) is 1.25. The van der Waals surface area contributed by atoms with Crippen molar-refractivity contribution in [2.45, 2.75) is 32.2 Å². The predicted molar refractivity (Wildman–Crippen MR) is 79.4 cm³/mol. The summed E-state index contributed by atoms with van der Waals surface area (Å²) in [5.41, 5.74) is 1.38. The number of rotatable bonds is 10. The molecule has 0 aromatic heterocycles. The molecule has 0 saturated carbocycles. The van der Waals surface area contributed by atoms with E-state index in [0.29, 0.717) is 0 Å². The highest BCUT2D eigenvalue weighted by atomic mass is 28.1. The second kappa shape index (κ2) is 10.5. The van der Waals surface area contributed by atoms with Crippen molar-refractivity contribution in [1.29, 1.82) is 0 Å². The van der Waals surface area contributed by atoms with E-state index in [1.807, 2.05) is 0 Å². The van der Waals surface area contributed by atoms with Crippen molar-refractivity contribution >= 4 is 10.2 Å². The molecule has 17 heavy (non-hydrogen) atoms. The lowest BCUT2D eigenvalue weighted by Gasteiger charge is -2.05. The highest BCUT2D eigenvalue weighted by Crippen LogP contribution is 2.00. The summed E-state index contributed by atoms with van der Waals surface area (Å²) in [6.45, 7) is 3.35. The zero-order valence-electron chi connectivity index (χ0n) is 11.0. The molecule has 0 saturated heterocycles. The van der Waals surface area contributed by atoms with E-state index in [-0.39, 0.29) is 0 Å². The van der Waals surface area contributed by atoms with Crippen LogP contribution in [0.3, 0.4) is 0 Å². The summed E-state index contributed by atoms with van der Waals surface area (Å²) >= 11 is 0. The third-order valence-electron chi connectivity index (χ3n) is 2.88. The van der Waals surface area contributed by atoms with Crippen LogP contribution in [-0.2, 0) is 6.54 Å². The van der Waals surface area contributed by atoms with Gasteiger partial charge in [0.05, 0.1) is 0 Å². The molecule has 96 valence electrons. The first-order valence-corrected chi connectivity index (χ1v) is 8.30. The molecule has 0 heterocycles.